The number of carbonyl (C=O) groups is 1. The summed E-state index contributed by atoms with van der Waals surface area (Å²) in [6.07, 6.45) is -0.782. The summed E-state index contributed by atoms with van der Waals surface area (Å²) in [6.45, 7) is 1.80. The van der Waals surface area contributed by atoms with Gasteiger partial charge in [-0.05, 0) is 6.42 Å². The van der Waals surface area contributed by atoms with E-state index in [-0.39, 0.29) is 0 Å². The van der Waals surface area contributed by atoms with Crippen molar-refractivity contribution >= 4 is 6.09 Å². The van der Waals surface area contributed by atoms with E-state index in [2.05, 4.69) is 10.5 Å². The first kappa shape index (κ1) is 7.23. The van der Waals surface area contributed by atoms with Gasteiger partial charge >= 0.3 is 6.09 Å². The number of carbonyl (C=O) groups excluding carboxylic acids is 1. The Kier molecular flexibility index (Phi) is 2.95. The third-order valence-electron chi connectivity index (χ3n) is 0.670. The Labute approximate surface area is 47.8 Å². The van der Waals surface area contributed by atoms with Gasteiger partial charge in [0.2, 0.25) is 0 Å². The number of rotatable bonds is 2. The van der Waals surface area contributed by atoms with Crippen LogP contribution in [0.25, 0.3) is 0 Å². The molecule has 4 nitrogen and oxygen atoms in total. The minimum Gasteiger partial charge on any atom is -0.431 e. The van der Waals surface area contributed by atoms with Crippen LogP contribution in [0.5, 0.6) is 0 Å². The smallest absolute Gasteiger partial charge is 0.406 e. The summed E-state index contributed by atoms with van der Waals surface area (Å²) < 4.78 is 4.32. The van der Waals surface area contributed by atoms with Crippen LogP contribution >= 0.6 is 0 Å². The Hall–Kier alpha value is -0.770. The Balaban J connectivity index is 3.24. The van der Waals surface area contributed by atoms with Crippen LogP contribution in [-0.2, 0) is 4.74 Å². The van der Waals surface area contributed by atoms with Crippen LogP contribution in [0.1, 0.15) is 13.3 Å². The molecule has 0 bridgehead atoms. The van der Waals surface area contributed by atoms with Crippen molar-refractivity contribution in [3.8, 4) is 0 Å². The van der Waals surface area contributed by atoms with E-state index in [1.165, 1.54) is 0 Å². The number of hydrogen-bond donors (Lipinski definition) is 2. The molecule has 0 aromatic carbocycles. The minimum absolute atomic E-state index is 0.549. The van der Waals surface area contributed by atoms with E-state index in [9.17, 15) is 4.79 Å². The molecule has 0 rings (SSSR count). The van der Waals surface area contributed by atoms with Crippen molar-refractivity contribution in [1.82, 2.24) is 0 Å². The zero-order valence-electron chi connectivity index (χ0n) is 4.76. The van der Waals surface area contributed by atoms with Crippen molar-refractivity contribution in [1.29, 1.82) is 0 Å². The first-order valence-electron chi connectivity index (χ1n) is 2.38. The van der Waals surface area contributed by atoms with Gasteiger partial charge in [0.25, 0.3) is 0 Å². The van der Waals surface area contributed by atoms with E-state index in [1.54, 1.807) is 6.92 Å². The van der Waals surface area contributed by atoms with Crippen molar-refractivity contribution in [3.05, 3.63) is 0 Å². The monoisotopic (exact) mass is 118 g/mol. The Morgan fingerprint density at radius 2 is 2.38 bits per heavy atom. The lowest BCUT2D eigenvalue weighted by Crippen LogP contribution is -2.29. The Bertz CT molecular complexity index is 84.1. The van der Waals surface area contributed by atoms with E-state index in [0.29, 0.717) is 6.42 Å². The van der Waals surface area contributed by atoms with Crippen molar-refractivity contribution in [2.24, 2.45) is 11.5 Å². The lowest BCUT2D eigenvalue weighted by atomic mass is 10.4. The maximum absolute atomic E-state index is 9.89. The number of primary amides is 1. The maximum Gasteiger partial charge on any atom is 0.406 e. The first-order valence-corrected chi connectivity index (χ1v) is 2.38. The van der Waals surface area contributed by atoms with Crippen LogP contribution in [-0.4, -0.2) is 12.3 Å². The highest BCUT2D eigenvalue weighted by molar-refractivity contribution is 5.64. The lowest BCUT2D eigenvalue weighted by Gasteiger charge is -2.06. The topological polar surface area (TPSA) is 78.3 Å². The number of nitrogens with two attached hydrogens (primary N) is 2. The van der Waals surface area contributed by atoms with Crippen LogP contribution in [0.4, 0.5) is 4.79 Å². The molecule has 0 aliphatic rings. The summed E-state index contributed by atoms with van der Waals surface area (Å²) in [4.78, 5) is 9.89. The van der Waals surface area contributed by atoms with Crippen molar-refractivity contribution in [3.63, 3.8) is 0 Å². The molecule has 0 heterocycles. The maximum atomic E-state index is 9.89. The van der Waals surface area contributed by atoms with Gasteiger partial charge in [-0.25, -0.2) is 4.79 Å². The molecule has 0 radical (unpaired) electrons. The molecular formula is C4H10N2O2. The van der Waals surface area contributed by atoms with Gasteiger partial charge in [-0.2, -0.15) is 0 Å². The van der Waals surface area contributed by atoms with Crippen LogP contribution in [0.15, 0.2) is 0 Å². The highest BCUT2D eigenvalue weighted by atomic mass is 16.6. The largest absolute Gasteiger partial charge is 0.431 e. The number of hydrogen-bond acceptors (Lipinski definition) is 3. The summed E-state index contributed by atoms with van der Waals surface area (Å²) in [7, 11) is 0. The molecule has 1 unspecified atom stereocenters. The SMILES string of the molecule is CCC(N)OC(N)=O. The van der Waals surface area contributed by atoms with Crippen LogP contribution in [0.3, 0.4) is 0 Å². The zero-order chi connectivity index (χ0) is 6.57. The normalized spacial score (nSPS) is 12.8. The molecule has 8 heavy (non-hydrogen) atoms. The molecule has 0 saturated heterocycles. The summed E-state index contributed by atoms with van der Waals surface area (Å²) in [5, 5.41) is 0. The quantitative estimate of drug-likeness (QED) is 0.492. The molecule has 0 aliphatic carbocycles. The average molecular weight is 118 g/mol. The third-order valence-corrected chi connectivity index (χ3v) is 0.670. The molecule has 4 N–H and O–H groups in total. The average Bonchev–Trinajstić information content (AvgIpc) is 1.65. The fraction of sp³-hybridized carbons (Fsp3) is 0.750. The fourth-order valence-corrected chi connectivity index (χ4v) is 0.233. The number of ether oxygens (including phenoxy) is 1. The van der Waals surface area contributed by atoms with E-state index < -0.39 is 12.3 Å². The predicted octanol–water partition coefficient (Wildman–Crippen LogP) is -0.223. The summed E-state index contributed by atoms with van der Waals surface area (Å²) in [6, 6.07) is 0. The molecule has 0 aromatic heterocycles. The number of amides is 1. The second kappa shape index (κ2) is 3.26. The molecule has 0 aliphatic heterocycles. The van der Waals surface area contributed by atoms with E-state index in [1.807, 2.05) is 0 Å². The second-order valence-electron chi connectivity index (χ2n) is 1.38. The molecule has 0 saturated carbocycles. The zero-order valence-corrected chi connectivity index (χ0v) is 4.76. The molecule has 1 amide bonds. The van der Waals surface area contributed by atoms with Crippen LogP contribution in [0, 0.1) is 0 Å². The van der Waals surface area contributed by atoms with Crippen molar-refractivity contribution < 1.29 is 9.53 Å². The molecular weight excluding hydrogens is 108 g/mol. The van der Waals surface area contributed by atoms with Crippen LogP contribution in [0.2, 0.25) is 0 Å². The van der Waals surface area contributed by atoms with E-state index in [4.69, 9.17) is 5.73 Å². The van der Waals surface area contributed by atoms with Crippen molar-refractivity contribution in [2.45, 2.75) is 19.6 Å². The van der Waals surface area contributed by atoms with Gasteiger partial charge in [0, 0.05) is 0 Å². The lowest BCUT2D eigenvalue weighted by molar-refractivity contribution is 0.108. The predicted molar refractivity (Wildman–Crippen MR) is 28.9 cm³/mol. The molecule has 4 heteroatoms. The summed E-state index contributed by atoms with van der Waals surface area (Å²) in [5.41, 5.74) is 9.78. The summed E-state index contributed by atoms with van der Waals surface area (Å²) >= 11 is 0. The summed E-state index contributed by atoms with van der Waals surface area (Å²) in [5.74, 6) is 0. The Morgan fingerprint density at radius 1 is 1.88 bits per heavy atom. The fourth-order valence-electron chi connectivity index (χ4n) is 0.233. The van der Waals surface area contributed by atoms with Gasteiger partial charge < -0.3 is 10.5 Å². The first-order chi connectivity index (χ1) is 3.66. The van der Waals surface area contributed by atoms with Gasteiger partial charge in [0.1, 0.15) is 0 Å². The van der Waals surface area contributed by atoms with Crippen molar-refractivity contribution in [2.75, 3.05) is 0 Å². The van der Waals surface area contributed by atoms with Gasteiger partial charge in [0.05, 0.1) is 0 Å². The minimum atomic E-state index is -0.820. The molecule has 0 aromatic rings. The van der Waals surface area contributed by atoms with Gasteiger partial charge in [0.15, 0.2) is 6.23 Å². The molecule has 0 fully saturated rings. The second-order valence-corrected chi connectivity index (χ2v) is 1.38. The third kappa shape index (κ3) is 3.42. The molecule has 0 spiro atoms. The molecule has 1 atom stereocenters. The van der Waals surface area contributed by atoms with Gasteiger partial charge in [-0.3, -0.25) is 5.73 Å². The van der Waals surface area contributed by atoms with E-state index >= 15 is 0 Å². The van der Waals surface area contributed by atoms with Crippen LogP contribution < -0.4 is 11.5 Å². The van der Waals surface area contributed by atoms with Gasteiger partial charge in [-0.15, -0.1) is 0 Å². The van der Waals surface area contributed by atoms with E-state index in [0.717, 1.165) is 0 Å². The highest BCUT2D eigenvalue weighted by Crippen LogP contribution is 1.86. The molecule has 48 valence electrons. The standard InChI is InChI=1S/C4H10N2O2/c1-2-3(5)8-4(6)7/h3H,2,5H2,1H3,(H2,6,7). The van der Waals surface area contributed by atoms with Gasteiger partial charge in [-0.1, -0.05) is 6.92 Å². The highest BCUT2D eigenvalue weighted by Gasteiger charge is 2.00. The Morgan fingerprint density at radius 3 is 2.50 bits per heavy atom.